The van der Waals surface area contributed by atoms with Crippen LogP contribution in [0.2, 0.25) is 0 Å². The molecule has 1 saturated heterocycles. The lowest BCUT2D eigenvalue weighted by Gasteiger charge is -2.69. The summed E-state index contributed by atoms with van der Waals surface area (Å²) in [6.07, 6.45) is 10.6. The van der Waals surface area contributed by atoms with Crippen LogP contribution >= 0.6 is 0 Å². The highest BCUT2D eigenvalue weighted by molar-refractivity contribution is 6.01. The van der Waals surface area contributed by atoms with Crippen LogP contribution in [0.15, 0.2) is 11.6 Å². The lowest BCUT2D eigenvalue weighted by Crippen LogP contribution is -2.67. The first-order valence-corrected chi connectivity index (χ1v) is 14.5. The minimum absolute atomic E-state index is 0.0544. The molecule has 9 atom stereocenters. The molecule has 1 aliphatic heterocycles. The van der Waals surface area contributed by atoms with Crippen LogP contribution in [0.1, 0.15) is 107 Å². The number of hydrogen-bond donors (Lipinski definition) is 0. The molecule has 0 radical (unpaired) electrons. The third kappa shape index (κ3) is 2.51. The molecule has 0 aromatic carbocycles. The minimum Gasteiger partial charge on any atom is -0.342 e. The number of carbonyl (C=O) groups is 2. The Hall–Kier alpha value is -1.47. The molecule has 5 aliphatic carbocycles. The molecule has 6 aliphatic rings. The number of fused-ring (bicyclic) bond motifs is 9. The summed E-state index contributed by atoms with van der Waals surface area (Å²) < 4.78 is 6.12. The number of hydrogen-bond acceptors (Lipinski definition) is 4. The van der Waals surface area contributed by atoms with Crippen LogP contribution in [-0.4, -0.2) is 23.3 Å². The van der Waals surface area contributed by atoms with Gasteiger partial charge in [0.1, 0.15) is 12.2 Å². The highest BCUT2D eigenvalue weighted by Gasteiger charge is 2.82. The van der Waals surface area contributed by atoms with Gasteiger partial charge in [0.25, 0.3) is 0 Å². The molecular weight excluding hydrogens is 446 g/mol. The summed E-state index contributed by atoms with van der Waals surface area (Å²) >= 11 is 0. The van der Waals surface area contributed by atoms with E-state index in [0.29, 0.717) is 11.7 Å². The number of allylic oxidation sites excluding steroid dienone is 1. The normalized spacial score (nSPS) is 54.0. The summed E-state index contributed by atoms with van der Waals surface area (Å²) in [6.45, 7) is 18.2. The zero-order valence-electron chi connectivity index (χ0n) is 23.7. The van der Waals surface area contributed by atoms with Crippen molar-refractivity contribution in [1.29, 1.82) is 5.26 Å². The minimum atomic E-state index is -1.34. The number of rotatable bonds is 1. The number of ketones is 2. The largest absolute Gasteiger partial charge is 0.342 e. The Labute approximate surface area is 217 Å². The van der Waals surface area contributed by atoms with Crippen molar-refractivity contribution in [2.24, 2.45) is 50.2 Å². The zero-order valence-corrected chi connectivity index (χ0v) is 23.7. The van der Waals surface area contributed by atoms with Crippen molar-refractivity contribution in [3.05, 3.63) is 11.6 Å². The Kier molecular flexibility index (Phi) is 4.65. The number of epoxide rings is 1. The molecule has 4 nitrogen and oxygen atoms in total. The fourth-order valence-electron chi connectivity index (χ4n) is 11.2. The monoisotopic (exact) mass is 491 g/mol. The van der Waals surface area contributed by atoms with Crippen molar-refractivity contribution in [2.45, 2.75) is 118 Å². The highest BCUT2D eigenvalue weighted by Crippen LogP contribution is 2.77. The van der Waals surface area contributed by atoms with Crippen LogP contribution in [0.4, 0.5) is 0 Å². The number of nitriles is 1. The Balaban J connectivity index is 1.52. The Bertz CT molecular complexity index is 1140. The maximum atomic E-state index is 14.4. The van der Waals surface area contributed by atoms with Gasteiger partial charge in [-0.05, 0) is 84.5 Å². The molecule has 0 amide bonds. The molecule has 6 rings (SSSR count). The van der Waals surface area contributed by atoms with Gasteiger partial charge in [-0.2, -0.15) is 5.26 Å². The topological polar surface area (TPSA) is 70.5 Å². The smallest absolute Gasteiger partial charge is 0.240 e. The molecule has 0 N–H and O–H groups in total. The first-order valence-electron chi connectivity index (χ1n) is 14.5. The highest BCUT2D eigenvalue weighted by atomic mass is 16.6. The van der Waals surface area contributed by atoms with Gasteiger partial charge >= 0.3 is 0 Å². The number of ether oxygens (including phenoxy) is 1. The van der Waals surface area contributed by atoms with Crippen molar-refractivity contribution in [1.82, 2.24) is 0 Å². The van der Waals surface area contributed by atoms with Gasteiger partial charge in [-0.25, -0.2) is 0 Å². The van der Waals surface area contributed by atoms with E-state index in [1.165, 1.54) is 24.8 Å². The number of Topliss-reactive ketones (excluding diaryl/α,β-unsaturated/α-hetero) is 1. The molecule has 0 aromatic heterocycles. The molecule has 2 unspecified atom stereocenters. The van der Waals surface area contributed by atoms with E-state index in [4.69, 9.17) is 4.74 Å². The molecule has 0 bridgehead atoms. The van der Waals surface area contributed by atoms with Gasteiger partial charge in [0.15, 0.2) is 11.6 Å². The quantitative estimate of drug-likeness (QED) is 0.377. The van der Waals surface area contributed by atoms with Gasteiger partial charge in [0.05, 0.1) is 0 Å². The Morgan fingerprint density at radius 1 is 1.00 bits per heavy atom. The van der Waals surface area contributed by atoms with E-state index in [-0.39, 0.29) is 39.3 Å². The molecule has 4 saturated carbocycles. The van der Waals surface area contributed by atoms with Crippen molar-refractivity contribution < 1.29 is 14.3 Å². The van der Waals surface area contributed by atoms with E-state index >= 15 is 0 Å². The molecule has 0 spiro atoms. The summed E-state index contributed by atoms with van der Waals surface area (Å²) in [6, 6.07) is 2.28. The predicted octanol–water partition coefficient (Wildman–Crippen LogP) is 6.83. The Morgan fingerprint density at radius 2 is 1.67 bits per heavy atom. The average Bonchev–Trinajstić information content (AvgIpc) is 3.56. The second-order valence-electron chi connectivity index (χ2n) is 15.6. The number of carbonyl (C=O) groups excluding carboxylic acids is 2. The lowest BCUT2D eigenvalue weighted by molar-refractivity contribution is -0.175. The molecule has 1 heterocycles. The van der Waals surface area contributed by atoms with Crippen LogP contribution < -0.4 is 0 Å². The van der Waals surface area contributed by atoms with Gasteiger partial charge in [0, 0.05) is 16.7 Å². The maximum Gasteiger partial charge on any atom is 0.240 e. The molecule has 196 valence electrons. The molecule has 5 fully saturated rings. The van der Waals surface area contributed by atoms with Crippen molar-refractivity contribution in [3.8, 4) is 6.07 Å². The van der Waals surface area contributed by atoms with E-state index in [0.717, 1.165) is 32.1 Å². The second-order valence-corrected chi connectivity index (χ2v) is 15.6. The fraction of sp³-hybridized carbons (Fsp3) is 0.844. The van der Waals surface area contributed by atoms with Crippen LogP contribution in [0.5, 0.6) is 0 Å². The van der Waals surface area contributed by atoms with E-state index < -0.39 is 22.5 Å². The van der Waals surface area contributed by atoms with Crippen LogP contribution in [0.25, 0.3) is 0 Å². The SMILES string of the molecule is CC[C@]12CCC(C)(C)CC1C1C(=O)C=C3[C@@]4(C)[C@H]5O[C@@]5(C#N)C(=O)C(C)(C)[C@@H]4CC[C@@]3(C)[C@]1(C)CC2. The average molecular weight is 492 g/mol. The third-order valence-corrected chi connectivity index (χ3v) is 13.6. The molecule has 36 heavy (non-hydrogen) atoms. The summed E-state index contributed by atoms with van der Waals surface area (Å²) in [7, 11) is 0. The first kappa shape index (κ1) is 24.8. The van der Waals surface area contributed by atoms with Crippen LogP contribution in [-0.2, 0) is 14.3 Å². The Morgan fingerprint density at radius 3 is 2.31 bits per heavy atom. The maximum absolute atomic E-state index is 14.4. The summed E-state index contributed by atoms with van der Waals surface area (Å²) in [5, 5.41) is 10.1. The van der Waals surface area contributed by atoms with E-state index in [9.17, 15) is 14.9 Å². The van der Waals surface area contributed by atoms with E-state index in [1.807, 2.05) is 19.9 Å². The van der Waals surface area contributed by atoms with Crippen molar-refractivity contribution in [3.63, 3.8) is 0 Å². The zero-order chi connectivity index (χ0) is 26.3. The summed E-state index contributed by atoms with van der Waals surface area (Å²) in [5.41, 5.74) is -0.975. The first-order chi connectivity index (χ1) is 16.6. The fourth-order valence-corrected chi connectivity index (χ4v) is 11.2. The van der Waals surface area contributed by atoms with Gasteiger partial charge in [-0.1, -0.05) is 67.4 Å². The molecule has 0 aromatic rings. The van der Waals surface area contributed by atoms with Gasteiger partial charge < -0.3 is 4.74 Å². The predicted molar refractivity (Wildman–Crippen MR) is 139 cm³/mol. The molecular formula is C32H45NO3. The van der Waals surface area contributed by atoms with Gasteiger partial charge in [-0.15, -0.1) is 0 Å². The molecule has 4 heteroatoms. The van der Waals surface area contributed by atoms with Crippen LogP contribution in [0, 0.1) is 61.6 Å². The van der Waals surface area contributed by atoms with Crippen molar-refractivity contribution in [2.75, 3.05) is 0 Å². The third-order valence-electron chi connectivity index (χ3n) is 13.6. The van der Waals surface area contributed by atoms with Gasteiger partial charge in [-0.3, -0.25) is 9.59 Å². The number of nitrogens with zero attached hydrogens (tertiary/aromatic N) is 1. The standard InChI is InChI=1S/C32H45NO3/c1-9-31-14-12-26(2,3)17-19(31)23-20(34)16-22-28(6,29(23,7)13-15-31)11-10-21-27(4,5)24(35)32(18-33)25(36-32)30(21,22)8/h16,19,21,23,25H,9-15,17H2,1-8H3/t19?,21-,23?,25+,28+,29+,30-,31+,32-/m0/s1. The summed E-state index contributed by atoms with van der Waals surface area (Å²) in [4.78, 5) is 27.9. The van der Waals surface area contributed by atoms with Crippen LogP contribution in [0.3, 0.4) is 0 Å². The van der Waals surface area contributed by atoms with E-state index in [1.54, 1.807) is 0 Å². The second kappa shape index (κ2) is 6.74. The van der Waals surface area contributed by atoms with Crippen molar-refractivity contribution >= 4 is 11.6 Å². The lowest BCUT2D eigenvalue weighted by atomic mass is 9.33. The summed E-state index contributed by atoms with van der Waals surface area (Å²) in [5.74, 6) is 0.807. The van der Waals surface area contributed by atoms with Gasteiger partial charge in [0.2, 0.25) is 5.60 Å². The van der Waals surface area contributed by atoms with E-state index in [2.05, 4.69) is 47.6 Å².